The third-order valence-electron chi connectivity index (χ3n) is 2.26. The summed E-state index contributed by atoms with van der Waals surface area (Å²) in [4.78, 5) is 4.40. The number of fused-ring (bicyclic) bond motifs is 1. The highest BCUT2D eigenvalue weighted by Crippen LogP contribution is 2.10. The van der Waals surface area contributed by atoms with Gasteiger partial charge in [-0.1, -0.05) is 6.07 Å². The Balaban J connectivity index is 2.24. The molecular weight excluding hydrogens is 202 g/mol. The van der Waals surface area contributed by atoms with Crippen LogP contribution in [0.1, 0.15) is 19.4 Å². The molecule has 0 aliphatic carbocycles. The van der Waals surface area contributed by atoms with Crippen molar-refractivity contribution < 1.29 is 0 Å². The van der Waals surface area contributed by atoms with Gasteiger partial charge in [-0.25, -0.2) is 4.52 Å². The molecule has 5 heteroatoms. The highest BCUT2D eigenvalue weighted by molar-refractivity contribution is 5.49. The highest BCUT2D eigenvalue weighted by Gasteiger charge is 2.12. The van der Waals surface area contributed by atoms with E-state index < -0.39 is 0 Å². The molecule has 2 aromatic rings. The fraction of sp³-hybridized carbons (Fsp3) is 0.455. The van der Waals surface area contributed by atoms with Crippen LogP contribution in [-0.4, -0.2) is 26.7 Å². The zero-order chi connectivity index (χ0) is 11.8. The van der Waals surface area contributed by atoms with E-state index in [9.17, 15) is 0 Å². The molecule has 0 amide bonds. The number of nitrogens with two attached hydrogens (primary N) is 1. The number of aromatic nitrogens is 3. The summed E-state index contributed by atoms with van der Waals surface area (Å²) in [5.41, 5.74) is 7.59. The summed E-state index contributed by atoms with van der Waals surface area (Å²) in [7, 11) is 0. The van der Waals surface area contributed by atoms with E-state index in [4.69, 9.17) is 5.73 Å². The first-order valence-corrected chi connectivity index (χ1v) is 5.30. The number of hydrogen-bond donors (Lipinski definition) is 2. The number of aryl methyl sites for hydroxylation is 1. The molecule has 2 heterocycles. The molecule has 86 valence electrons. The monoisotopic (exact) mass is 219 g/mol. The molecule has 0 radical (unpaired) electrons. The molecule has 2 aromatic heterocycles. The Hall–Kier alpha value is -1.62. The Bertz CT molecular complexity index is 495. The second-order valence-corrected chi connectivity index (χ2v) is 4.74. The summed E-state index contributed by atoms with van der Waals surface area (Å²) >= 11 is 0. The van der Waals surface area contributed by atoms with Gasteiger partial charge in [0.15, 0.2) is 5.65 Å². The maximum atomic E-state index is 5.88. The fourth-order valence-electron chi connectivity index (χ4n) is 1.42. The van der Waals surface area contributed by atoms with Crippen LogP contribution in [0.5, 0.6) is 0 Å². The predicted molar refractivity (Wildman–Crippen MR) is 64.5 cm³/mol. The molecular formula is C11H17N5. The lowest BCUT2D eigenvalue weighted by atomic mass is 10.1. The Labute approximate surface area is 94.7 Å². The highest BCUT2D eigenvalue weighted by atomic mass is 15.3. The molecule has 0 aliphatic rings. The van der Waals surface area contributed by atoms with E-state index in [0.29, 0.717) is 12.5 Å². The number of nitrogens with zero attached hydrogens (tertiary/aromatic N) is 3. The standard InChI is InChI=1S/C11H17N5/c1-8-5-4-6-16-9(8)14-10(15-16)13-7-11(2,3)12/h4-6H,7,12H2,1-3H3,(H,13,15). The molecule has 0 saturated heterocycles. The van der Waals surface area contributed by atoms with Gasteiger partial charge in [0.1, 0.15) is 0 Å². The van der Waals surface area contributed by atoms with Crippen LogP contribution in [-0.2, 0) is 0 Å². The third-order valence-corrected chi connectivity index (χ3v) is 2.26. The fourth-order valence-corrected chi connectivity index (χ4v) is 1.42. The number of hydrogen-bond acceptors (Lipinski definition) is 4. The number of pyridine rings is 1. The summed E-state index contributed by atoms with van der Waals surface area (Å²) in [5.74, 6) is 0.618. The van der Waals surface area contributed by atoms with E-state index in [-0.39, 0.29) is 5.54 Å². The third kappa shape index (κ3) is 2.30. The summed E-state index contributed by atoms with van der Waals surface area (Å²) in [6, 6.07) is 3.97. The zero-order valence-corrected chi connectivity index (χ0v) is 9.86. The molecule has 0 fully saturated rings. The Kier molecular flexibility index (Phi) is 2.55. The Morgan fingerprint density at radius 1 is 1.50 bits per heavy atom. The topological polar surface area (TPSA) is 68.2 Å². The van der Waals surface area contributed by atoms with Gasteiger partial charge >= 0.3 is 0 Å². The van der Waals surface area contributed by atoms with E-state index >= 15 is 0 Å². The van der Waals surface area contributed by atoms with Crippen molar-refractivity contribution in [1.82, 2.24) is 14.6 Å². The largest absolute Gasteiger partial charge is 0.351 e. The van der Waals surface area contributed by atoms with Crippen molar-refractivity contribution in [3.05, 3.63) is 23.9 Å². The lowest BCUT2D eigenvalue weighted by molar-refractivity contribution is 0.547. The van der Waals surface area contributed by atoms with Crippen molar-refractivity contribution in [1.29, 1.82) is 0 Å². The van der Waals surface area contributed by atoms with Crippen molar-refractivity contribution in [2.75, 3.05) is 11.9 Å². The van der Waals surface area contributed by atoms with Gasteiger partial charge in [0, 0.05) is 18.3 Å². The quantitative estimate of drug-likeness (QED) is 0.813. The predicted octanol–water partition coefficient (Wildman–Crippen LogP) is 1.19. The van der Waals surface area contributed by atoms with Gasteiger partial charge in [-0.3, -0.25) is 0 Å². The molecule has 0 saturated carbocycles. The van der Waals surface area contributed by atoms with E-state index in [1.54, 1.807) is 4.52 Å². The van der Waals surface area contributed by atoms with Gasteiger partial charge in [0.25, 0.3) is 0 Å². The molecule has 0 unspecified atom stereocenters. The van der Waals surface area contributed by atoms with Crippen LogP contribution in [0.3, 0.4) is 0 Å². The first kappa shape index (κ1) is 10.9. The molecule has 5 nitrogen and oxygen atoms in total. The minimum atomic E-state index is -0.271. The molecule has 0 spiro atoms. The lowest BCUT2D eigenvalue weighted by Gasteiger charge is -2.17. The van der Waals surface area contributed by atoms with Gasteiger partial charge in [0.05, 0.1) is 0 Å². The van der Waals surface area contributed by atoms with Gasteiger partial charge in [-0.15, -0.1) is 5.10 Å². The maximum Gasteiger partial charge on any atom is 0.243 e. The van der Waals surface area contributed by atoms with E-state index in [2.05, 4.69) is 15.4 Å². The summed E-state index contributed by atoms with van der Waals surface area (Å²) in [6.07, 6.45) is 1.88. The smallest absolute Gasteiger partial charge is 0.243 e. The van der Waals surface area contributed by atoms with E-state index in [1.165, 1.54) is 0 Å². The number of nitrogens with one attached hydrogen (secondary N) is 1. The lowest BCUT2D eigenvalue weighted by Crippen LogP contribution is -2.39. The normalized spacial score (nSPS) is 12.0. The van der Waals surface area contributed by atoms with Crippen LogP contribution in [0.25, 0.3) is 5.65 Å². The molecule has 0 aromatic carbocycles. The Morgan fingerprint density at radius 2 is 2.25 bits per heavy atom. The molecule has 3 N–H and O–H groups in total. The first-order chi connectivity index (χ1) is 7.46. The van der Waals surface area contributed by atoms with Crippen molar-refractivity contribution >= 4 is 11.6 Å². The van der Waals surface area contributed by atoms with Crippen LogP contribution in [0, 0.1) is 6.92 Å². The van der Waals surface area contributed by atoms with Gasteiger partial charge in [-0.05, 0) is 32.4 Å². The second kappa shape index (κ2) is 3.75. The summed E-state index contributed by atoms with van der Waals surface area (Å²) in [5, 5.41) is 7.45. The van der Waals surface area contributed by atoms with Gasteiger partial charge in [-0.2, -0.15) is 4.98 Å². The maximum absolute atomic E-state index is 5.88. The minimum absolute atomic E-state index is 0.271. The van der Waals surface area contributed by atoms with Gasteiger partial charge in [0.2, 0.25) is 5.95 Å². The molecule has 0 bridgehead atoms. The second-order valence-electron chi connectivity index (χ2n) is 4.74. The summed E-state index contributed by atoms with van der Waals surface area (Å²) in [6.45, 7) is 6.58. The van der Waals surface area contributed by atoms with Crippen molar-refractivity contribution in [2.45, 2.75) is 26.3 Å². The van der Waals surface area contributed by atoms with Crippen LogP contribution >= 0.6 is 0 Å². The number of anilines is 1. The summed E-state index contributed by atoms with van der Waals surface area (Å²) < 4.78 is 1.77. The van der Waals surface area contributed by atoms with E-state index in [1.807, 2.05) is 39.1 Å². The van der Waals surface area contributed by atoms with Crippen LogP contribution < -0.4 is 11.1 Å². The first-order valence-electron chi connectivity index (χ1n) is 5.30. The van der Waals surface area contributed by atoms with E-state index in [0.717, 1.165) is 11.2 Å². The number of rotatable bonds is 3. The van der Waals surface area contributed by atoms with Crippen molar-refractivity contribution in [3.63, 3.8) is 0 Å². The molecule has 2 rings (SSSR count). The molecule has 0 atom stereocenters. The zero-order valence-electron chi connectivity index (χ0n) is 9.86. The average molecular weight is 219 g/mol. The molecule has 0 aliphatic heterocycles. The van der Waals surface area contributed by atoms with Crippen LogP contribution in [0.4, 0.5) is 5.95 Å². The SMILES string of the molecule is Cc1cccn2nc(NCC(C)(C)N)nc12. The van der Waals surface area contributed by atoms with Gasteiger partial charge < -0.3 is 11.1 Å². The average Bonchev–Trinajstić information content (AvgIpc) is 2.58. The Morgan fingerprint density at radius 3 is 2.88 bits per heavy atom. The molecule has 16 heavy (non-hydrogen) atoms. The van der Waals surface area contributed by atoms with Crippen molar-refractivity contribution in [2.24, 2.45) is 5.73 Å². The minimum Gasteiger partial charge on any atom is -0.351 e. The van der Waals surface area contributed by atoms with Crippen LogP contribution in [0.2, 0.25) is 0 Å². The van der Waals surface area contributed by atoms with Crippen molar-refractivity contribution in [3.8, 4) is 0 Å². The van der Waals surface area contributed by atoms with Crippen LogP contribution in [0.15, 0.2) is 18.3 Å².